The number of benzene rings is 1. The molecule has 1 unspecified atom stereocenters. The van der Waals surface area contributed by atoms with Crippen molar-refractivity contribution >= 4 is 28.7 Å². The average molecular weight is 407 g/mol. The molecule has 1 atom stereocenters. The fraction of sp³-hybridized carbons (Fsp3) is 0.273. The molecule has 0 amide bonds. The molecule has 0 fully saturated rings. The van der Waals surface area contributed by atoms with E-state index in [1.54, 1.807) is 4.52 Å². The molecule has 1 aliphatic rings. The SMILES string of the molecule is CCCc1nn2c(Cc3ccccc3)c(C)c(N)c2c2c1C(=O)C(=O)C(C(=O)O)O2. The van der Waals surface area contributed by atoms with Crippen LogP contribution >= 0.6 is 0 Å². The van der Waals surface area contributed by atoms with Gasteiger partial charge in [0.15, 0.2) is 5.75 Å². The van der Waals surface area contributed by atoms with E-state index in [4.69, 9.17) is 10.5 Å². The van der Waals surface area contributed by atoms with E-state index in [-0.39, 0.29) is 11.3 Å². The minimum Gasteiger partial charge on any atom is -0.478 e. The maximum Gasteiger partial charge on any atom is 0.353 e. The number of nitrogen functional groups attached to an aromatic ring is 1. The first-order valence-electron chi connectivity index (χ1n) is 9.69. The van der Waals surface area contributed by atoms with Gasteiger partial charge in [-0.1, -0.05) is 43.7 Å². The summed E-state index contributed by atoms with van der Waals surface area (Å²) in [6.07, 6.45) is -0.242. The Hall–Kier alpha value is -3.68. The van der Waals surface area contributed by atoms with Gasteiger partial charge >= 0.3 is 5.97 Å². The molecular formula is C22H21N3O5. The van der Waals surface area contributed by atoms with Crippen LogP contribution in [0.5, 0.6) is 5.75 Å². The van der Waals surface area contributed by atoms with Crippen LogP contribution in [0, 0.1) is 6.92 Å². The van der Waals surface area contributed by atoms with Gasteiger partial charge in [-0.2, -0.15) is 5.10 Å². The summed E-state index contributed by atoms with van der Waals surface area (Å²) in [6.45, 7) is 3.77. The molecule has 0 radical (unpaired) electrons. The second kappa shape index (κ2) is 7.29. The first-order chi connectivity index (χ1) is 14.3. The van der Waals surface area contributed by atoms with Crippen molar-refractivity contribution in [3.63, 3.8) is 0 Å². The van der Waals surface area contributed by atoms with Gasteiger partial charge in [0.2, 0.25) is 5.78 Å². The Morgan fingerprint density at radius 3 is 2.60 bits per heavy atom. The van der Waals surface area contributed by atoms with Gasteiger partial charge in [0.1, 0.15) is 5.52 Å². The third-order valence-corrected chi connectivity index (χ3v) is 5.36. The molecule has 3 heterocycles. The van der Waals surface area contributed by atoms with Crippen molar-refractivity contribution in [2.75, 3.05) is 5.73 Å². The zero-order valence-electron chi connectivity index (χ0n) is 16.6. The molecule has 0 saturated carbocycles. The van der Waals surface area contributed by atoms with Crippen LogP contribution in [0.3, 0.4) is 0 Å². The molecular weight excluding hydrogens is 386 g/mol. The molecule has 0 spiro atoms. The summed E-state index contributed by atoms with van der Waals surface area (Å²) in [5.41, 5.74) is 10.1. The number of anilines is 1. The second-order valence-electron chi connectivity index (χ2n) is 7.34. The maximum atomic E-state index is 12.8. The number of ketones is 2. The molecule has 3 aromatic rings. The van der Waals surface area contributed by atoms with Gasteiger partial charge in [-0.15, -0.1) is 0 Å². The molecule has 154 valence electrons. The van der Waals surface area contributed by atoms with Gasteiger partial charge < -0.3 is 15.6 Å². The Morgan fingerprint density at radius 2 is 1.97 bits per heavy atom. The summed E-state index contributed by atoms with van der Waals surface area (Å²) in [5, 5.41) is 14.0. The van der Waals surface area contributed by atoms with Crippen LogP contribution in [0.2, 0.25) is 0 Å². The summed E-state index contributed by atoms with van der Waals surface area (Å²) in [5.74, 6) is -3.50. The predicted molar refractivity (Wildman–Crippen MR) is 109 cm³/mol. The van der Waals surface area contributed by atoms with Gasteiger partial charge in [-0.25, -0.2) is 9.31 Å². The highest BCUT2D eigenvalue weighted by molar-refractivity contribution is 6.49. The number of Topliss-reactive ketones (excluding diaryl/α,β-unsaturated/α-hetero) is 2. The van der Waals surface area contributed by atoms with E-state index in [1.807, 2.05) is 44.2 Å². The van der Waals surface area contributed by atoms with Crippen molar-refractivity contribution < 1.29 is 24.2 Å². The van der Waals surface area contributed by atoms with Crippen molar-refractivity contribution in [2.45, 2.75) is 39.2 Å². The Morgan fingerprint density at radius 1 is 1.27 bits per heavy atom. The number of nitrogens with zero attached hydrogens (tertiary/aromatic N) is 2. The number of aryl methyl sites for hydroxylation is 1. The summed E-state index contributed by atoms with van der Waals surface area (Å²) in [6, 6.07) is 9.77. The molecule has 8 nitrogen and oxygen atoms in total. The number of aromatic nitrogens is 2. The highest BCUT2D eigenvalue weighted by Crippen LogP contribution is 2.39. The number of carbonyl (C=O) groups excluding carboxylic acids is 2. The number of nitrogens with two attached hydrogens (primary N) is 1. The Kier molecular flexibility index (Phi) is 4.77. The molecule has 1 aromatic carbocycles. The fourth-order valence-electron chi connectivity index (χ4n) is 3.82. The largest absolute Gasteiger partial charge is 0.478 e. The van der Waals surface area contributed by atoms with Gasteiger partial charge in [0, 0.05) is 6.42 Å². The van der Waals surface area contributed by atoms with Crippen LogP contribution in [0.15, 0.2) is 30.3 Å². The van der Waals surface area contributed by atoms with E-state index in [1.165, 1.54) is 0 Å². The van der Waals surface area contributed by atoms with Gasteiger partial charge in [0.25, 0.3) is 11.9 Å². The zero-order chi connectivity index (χ0) is 21.6. The fourth-order valence-corrected chi connectivity index (χ4v) is 3.82. The standard InChI is InChI=1S/C22H21N3O5/c1-3-7-13-15-18(26)19(27)21(22(28)29)30-20(15)17-16(23)11(2)14(25(17)24-13)10-12-8-5-4-6-9-12/h4-6,8-9,21H,3,7,10,23H2,1-2H3,(H,28,29). The van der Waals surface area contributed by atoms with E-state index in [9.17, 15) is 19.5 Å². The summed E-state index contributed by atoms with van der Waals surface area (Å²) < 4.78 is 7.19. The number of aliphatic carboxylic acids is 1. The van der Waals surface area contributed by atoms with Crippen LogP contribution in [-0.4, -0.2) is 38.4 Å². The van der Waals surface area contributed by atoms with Crippen molar-refractivity contribution in [3.05, 3.63) is 58.4 Å². The summed E-state index contributed by atoms with van der Waals surface area (Å²) >= 11 is 0. The molecule has 30 heavy (non-hydrogen) atoms. The van der Waals surface area contributed by atoms with Crippen molar-refractivity contribution in [2.24, 2.45) is 0 Å². The van der Waals surface area contributed by atoms with Crippen LogP contribution in [-0.2, 0) is 22.4 Å². The molecule has 2 aromatic heterocycles. The third kappa shape index (κ3) is 2.92. The van der Waals surface area contributed by atoms with Crippen LogP contribution in [0.1, 0.15) is 46.2 Å². The number of carboxylic acids is 1. The minimum absolute atomic E-state index is 0.0160. The topological polar surface area (TPSA) is 124 Å². The summed E-state index contributed by atoms with van der Waals surface area (Å²) in [4.78, 5) is 36.6. The van der Waals surface area contributed by atoms with Crippen molar-refractivity contribution in [1.82, 2.24) is 9.61 Å². The Bertz CT molecular complexity index is 1200. The molecule has 0 saturated heterocycles. The van der Waals surface area contributed by atoms with Crippen molar-refractivity contribution in [3.8, 4) is 5.75 Å². The lowest BCUT2D eigenvalue weighted by atomic mass is 9.96. The lowest BCUT2D eigenvalue weighted by Crippen LogP contribution is -2.44. The lowest BCUT2D eigenvalue weighted by Gasteiger charge is -2.24. The second-order valence-corrected chi connectivity index (χ2v) is 7.34. The summed E-state index contributed by atoms with van der Waals surface area (Å²) in [7, 11) is 0. The normalized spacial score (nSPS) is 15.9. The molecule has 8 heteroatoms. The van der Waals surface area contributed by atoms with E-state index >= 15 is 0 Å². The number of carboxylic acid groups (broad SMARTS) is 1. The molecule has 0 aliphatic carbocycles. The number of carbonyl (C=O) groups is 3. The molecule has 4 rings (SSSR count). The van der Waals surface area contributed by atoms with E-state index < -0.39 is 23.6 Å². The van der Waals surface area contributed by atoms with Crippen LogP contribution in [0.4, 0.5) is 5.69 Å². The zero-order valence-corrected chi connectivity index (χ0v) is 16.6. The predicted octanol–water partition coefficient (Wildman–Crippen LogP) is 2.37. The highest BCUT2D eigenvalue weighted by atomic mass is 16.5. The average Bonchev–Trinajstić information content (AvgIpc) is 2.96. The van der Waals surface area contributed by atoms with Gasteiger partial charge in [-0.05, 0) is 24.5 Å². The first-order valence-corrected chi connectivity index (χ1v) is 9.69. The monoisotopic (exact) mass is 407 g/mol. The van der Waals surface area contributed by atoms with E-state index in [0.29, 0.717) is 36.2 Å². The Balaban J connectivity index is 2.01. The van der Waals surface area contributed by atoms with Crippen molar-refractivity contribution in [1.29, 1.82) is 0 Å². The molecule has 3 N–H and O–H groups in total. The number of rotatable bonds is 5. The lowest BCUT2D eigenvalue weighted by molar-refractivity contribution is -0.149. The van der Waals surface area contributed by atoms with E-state index in [0.717, 1.165) is 16.8 Å². The third-order valence-electron chi connectivity index (χ3n) is 5.36. The maximum absolute atomic E-state index is 12.8. The highest BCUT2D eigenvalue weighted by Gasteiger charge is 2.43. The Labute approximate surface area is 172 Å². The number of hydrogen-bond acceptors (Lipinski definition) is 6. The smallest absolute Gasteiger partial charge is 0.353 e. The first kappa shape index (κ1) is 19.6. The minimum atomic E-state index is -1.89. The quantitative estimate of drug-likeness (QED) is 0.491. The molecule has 0 bridgehead atoms. The van der Waals surface area contributed by atoms with Gasteiger partial charge in [-0.3, -0.25) is 9.59 Å². The van der Waals surface area contributed by atoms with Crippen LogP contribution in [0.25, 0.3) is 5.52 Å². The number of fused-ring (bicyclic) bond motifs is 3. The van der Waals surface area contributed by atoms with E-state index in [2.05, 4.69) is 5.10 Å². The number of hydrogen-bond donors (Lipinski definition) is 2. The molecule has 1 aliphatic heterocycles. The number of ether oxygens (including phenoxy) is 1. The van der Waals surface area contributed by atoms with Gasteiger partial charge in [0.05, 0.1) is 22.6 Å². The van der Waals surface area contributed by atoms with Crippen LogP contribution < -0.4 is 10.5 Å².